The Bertz CT molecular complexity index is 703. The van der Waals surface area contributed by atoms with Crippen molar-refractivity contribution in [1.82, 2.24) is 14.4 Å². The number of aromatic nitrogens is 3. The van der Waals surface area contributed by atoms with Crippen LogP contribution in [0, 0.1) is 0 Å². The fourth-order valence-electron chi connectivity index (χ4n) is 1.62. The molecular formula is C11H7N3O. The van der Waals surface area contributed by atoms with Gasteiger partial charge >= 0.3 is 0 Å². The standard InChI is InChI=1S/C11H7N3O/c15-10-5-6-12-11-8-3-1-2-4-9(8)13-7-14(10)11/h1-7H. The Balaban J connectivity index is 2.67. The van der Waals surface area contributed by atoms with Crippen molar-refractivity contribution < 1.29 is 0 Å². The first kappa shape index (κ1) is 8.11. The van der Waals surface area contributed by atoms with Gasteiger partial charge in [0.1, 0.15) is 12.0 Å². The monoisotopic (exact) mass is 197 g/mol. The van der Waals surface area contributed by atoms with E-state index in [1.807, 2.05) is 24.3 Å². The van der Waals surface area contributed by atoms with Crippen LogP contribution in [-0.4, -0.2) is 14.4 Å². The van der Waals surface area contributed by atoms with Gasteiger partial charge in [-0.3, -0.25) is 9.20 Å². The molecule has 0 aliphatic rings. The van der Waals surface area contributed by atoms with Gasteiger partial charge in [-0.1, -0.05) is 12.1 Å². The lowest BCUT2D eigenvalue weighted by Gasteiger charge is -2.01. The van der Waals surface area contributed by atoms with E-state index < -0.39 is 0 Å². The van der Waals surface area contributed by atoms with Crippen LogP contribution in [0.1, 0.15) is 0 Å². The summed E-state index contributed by atoms with van der Waals surface area (Å²) in [5, 5.41) is 0.887. The minimum atomic E-state index is -0.113. The van der Waals surface area contributed by atoms with Crippen LogP contribution < -0.4 is 5.56 Å². The lowest BCUT2D eigenvalue weighted by molar-refractivity contribution is 1.01. The lowest BCUT2D eigenvalue weighted by atomic mass is 10.2. The molecule has 3 rings (SSSR count). The molecule has 4 nitrogen and oxygen atoms in total. The minimum absolute atomic E-state index is 0.113. The third kappa shape index (κ3) is 1.11. The van der Waals surface area contributed by atoms with Crippen LogP contribution in [0.2, 0.25) is 0 Å². The van der Waals surface area contributed by atoms with Crippen molar-refractivity contribution in [2.45, 2.75) is 0 Å². The molecule has 0 saturated heterocycles. The molecule has 4 heteroatoms. The predicted molar refractivity (Wildman–Crippen MR) is 56.8 cm³/mol. The molecule has 0 radical (unpaired) electrons. The maximum absolute atomic E-state index is 11.5. The average Bonchev–Trinajstić information content (AvgIpc) is 2.29. The lowest BCUT2D eigenvalue weighted by Crippen LogP contribution is -2.13. The molecule has 0 aliphatic carbocycles. The normalized spacial score (nSPS) is 10.9. The van der Waals surface area contributed by atoms with Gasteiger partial charge in [-0.05, 0) is 12.1 Å². The fraction of sp³-hybridized carbons (Fsp3) is 0. The Morgan fingerprint density at radius 2 is 1.93 bits per heavy atom. The molecule has 72 valence electrons. The molecule has 0 fully saturated rings. The van der Waals surface area contributed by atoms with Crippen molar-refractivity contribution in [2.24, 2.45) is 0 Å². The number of hydrogen-bond donors (Lipinski definition) is 0. The third-order valence-corrected chi connectivity index (χ3v) is 2.34. The molecule has 15 heavy (non-hydrogen) atoms. The van der Waals surface area contributed by atoms with Crippen molar-refractivity contribution in [2.75, 3.05) is 0 Å². The van der Waals surface area contributed by atoms with Crippen molar-refractivity contribution in [3.05, 3.63) is 53.2 Å². The molecular weight excluding hydrogens is 190 g/mol. The van der Waals surface area contributed by atoms with E-state index in [0.29, 0.717) is 5.65 Å². The Morgan fingerprint density at radius 3 is 2.87 bits per heavy atom. The number of benzene rings is 1. The van der Waals surface area contributed by atoms with Crippen molar-refractivity contribution in [1.29, 1.82) is 0 Å². The van der Waals surface area contributed by atoms with Gasteiger partial charge in [0.05, 0.1) is 5.52 Å². The van der Waals surface area contributed by atoms with Crippen LogP contribution in [0.15, 0.2) is 47.7 Å². The van der Waals surface area contributed by atoms with Gasteiger partial charge in [-0.2, -0.15) is 0 Å². The zero-order chi connectivity index (χ0) is 10.3. The zero-order valence-corrected chi connectivity index (χ0v) is 7.79. The summed E-state index contributed by atoms with van der Waals surface area (Å²) in [6, 6.07) is 9.04. The highest BCUT2D eigenvalue weighted by atomic mass is 16.1. The molecule has 0 unspecified atom stereocenters. The number of para-hydroxylation sites is 1. The van der Waals surface area contributed by atoms with E-state index in [0.717, 1.165) is 10.9 Å². The van der Waals surface area contributed by atoms with E-state index in [4.69, 9.17) is 0 Å². The van der Waals surface area contributed by atoms with Gasteiger partial charge in [0, 0.05) is 17.6 Å². The van der Waals surface area contributed by atoms with Crippen LogP contribution in [-0.2, 0) is 0 Å². The molecule has 0 amide bonds. The summed E-state index contributed by atoms with van der Waals surface area (Å²) < 4.78 is 1.45. The first-order valence-electron chi connectivity index (χ1n) is 4.57. The molecule has 0 N–H and O–H groups in total. The molecule has 0 bridgehead atoms. The molecule has 0 atom stereocenters. The molecule has 1 aromatic carbocycles. The second-order valence-corrected chi connectivity index (χ2v) is 3.24. The summed E-state index contributed by atoms with van der Waals surface area (Å²) in [6.07, 6.45) is 3.02. The van der Waals surface area contributed by atoms with Crippen LogP contribution in [0.3, 0.4) is 0 Å². The first-order chi connectivity index (χ1) is 7.36. The number of nitrogens with zero attached hydrogens (tertiary/aromatic N) is 3. The van der Waals surface area contributed by atoms with Crippen LogP contribution >= 0.6 is 0 Å². The maximum Gasteiger partial charge on any atom is 0.259 e. The molecule has 0 aliphatic heterocycles. The van der Waals surface area contributed by atoms with Gasteiger partial charge < -0.3 is 0 Å². The summed E-state index contributed by atoms with van der Waals surface area (Å²) in [5.41, 5.74) is 1.38. The highest BCUT2D eigenvalue weighted by molar-refractivity contribution is 5.90. The van der Waals surface area contributed by atoms with Crippen LogP contribution in [0.5, 0.6) is 0 Å². The first-order valence-corrected chi connectivity index (χ1v) is 4.57. The number of rotatable bonds is 0. The number of fused-ring (bicyclic) bond motifs is 3. The molecule has 0 spiro atoms. The van der Waals surface area contributed by atoms with Crippen LogP contribution in [0.4, 0.5) is 0 Å². The quantitative estimate of drug-likeness (QED) is 0.509. The van der Waals surface area contributed by atoms with Crippen LogP contribution in [0.25, 0.3) is 16.6 Å². The highest BCUT2D eigenvalue weighted by Gasteiger charge is 2.01. The van der Waals surface area contributed by atoms with Gasteiger partial charge in [-0.25, -0.2) is 9.97 Å². The second-order valence-electron chi connectivity index (χ2n) is 3.24. The van der Waals surface area contributed by atoms with Gasteiger partial charge in [0.2, 0.25) is 0 Å². The smallest absolute Gasteiger partial charge is 0.259 e. The predicted octanol–water partition coefficient (Wildman–Crippen LogP) is 1.24. The summed E-state index contributed by atoms with van der Waals surface area (Å²) in [5.74, 6) is 0. The molecule has 3 aromatic rings. The summed E-state index contributed by atoms with van der Waals surface area (Å²) in [7, 11) is 0. The molecule has 0 saturated carbocycles. The van der Waals surface area contributed by atoms with Crippen molar-refractivity contribution in [3.63, 3.8) is 0 Å². The largest absolute Gasteiger partial charge is 0.269 e. The third-order valence-electron chi connectivity index (χ3n) is 2.34. The Labute approximate surface area is 84.8 Å². The Kier molecular flexibility index (Phi) is 1.56. The zero-order valence-electron chi connectivity index (χ0n) is 7.79. The summed E-state index contributed by atoms with van der Waals surface area (Å²) in [6.45, 7) is 0. The molecule has 2 aromatic heterocycles. The van der Waals surface area contributed by atoms with E-state index >= 15 is 0 Å². The highest BCUT2D eigenvalue weighted by Crippen LogP contribution is 2.13. The van der Waals surface area contributed by atoms with E-state index in [1.54, 1.807) is 0 Å². The van der Waals surface area contributed by atoms with E-state index in [2.05, 4.69) is 9.97 Å². The van der Waals surface area contributed by atoms with Gasteiger partial charge in [0.25, 0.3) is 5.56 Å². The number of hydrogen-bond acceptors (Lipinski definition) is 3. The Hall–Kier alpha value is -2.23. The minimum Gasteiger partial charge on any atom is -0.269 e. The maximum atomic E-state index is 11.5. The van der Waals surface area contributed by atoms with Crippen molar-refractivity contribution in [3.8, 4) is 0 Å². The van der Waals surface area contributed by atoms with Gasteiger partial charge in [0.15, 0.2) is 0 Å². The van der Waals surface area contributed by atoms with E-state index in [1.165, 1.54) is 23.0 Å². The van der Waals surface area contributed by atoms with Crippen molar-refractivity contribution >= 4 is 16.6 Å². The fourth-order valence-corrected chi connectivity index (χ4v) is 1.62. The molecule has 2 heterocycles. The average molecular weight is 197 g/mol. The topological polar surface area (TPSA) is 47.3 Å². The van der Waals surface area contributed by atoms with Gasteiger partial charge in [-0.15, -0.1) is 0 Å². The Morgan fingerprint density at radius 1 is 1.07 bits per heavy atom. The summed E-state index contributed by atoms with van der Waals surface area (Å²) >= 11 is 0. The SMILES string of the molecule is O=c1ccnc2c3ccccc3ncn12. The summed E-state index contributed by atoms with van der Waals surface area (Å²) in [4.78, 5) is 19.9. The van der Waals surface area contributed by atoms with E-state index in [9.17, 15) is 4.79 Å². The van der Waals surface area contributed by atoms with E-state index in [-0.39, 0.29) is 5.56 Å². The second kappa shape index (κ2) is 2.88.